The quantitative estimate of drug-likeness (QED) is 0.452. The molecular weight excluding hydrogens is 518 g/mol. The van der Waals surface area contributed by atoms with Gasteiger partial charge in [0.1, 0.15) is 5.02 Å². The molecule has 2 amide bonds. The van der Waals surface area contributed by atoms with Crippen LogP contribution in [0.5, 0.6) is 0 Å². The van der Waals surface area contributed by atoms with Crippen molar-refractivity contribution in [3.63, 3.8) is 0 Å². The molecule has 3 aliphatic heterocycles. The standard InChI is InChI=1S/C27H28ClN9O2/c1-36-15-19(10-31-36)26(39)37-13-17(14-37)7-24(38)34-23-5-4-20-8-18(23)3-2-16-6-21(11-29-9-16)33-27-30-12-22(28)25(32-20)35-27/h4-5,8-12,15-17H,2-3,6-7,13-14H2,1H3,(H,34,38)(H2,30,32,33,35). The molecule has 12 heteroatoms. The van der Waals surface area contributed by atoms with Gasteiger partial charge in [-0.3, -0.25) is 19.3 Å². The summed E-state index contributed by atoms with van der Waals surface area (Å²) >= 11 is 6.37. The lowest BCUT2D eigenvalue weighted by Crippen LogP contribution is -2.50. The first-order chi connectivity index (χ1) is 18.9. The second-order valence-electron chi connectivity index (χ2n) is 10.2. The molecule has 3 aromatic rings. The van der Waals surface area contributed by atoms with Crippen molar-refractivity contribution < 1.29 is 9.59 Å². The summed E-state index contributed by atoms with van der Waals surface area (Å²) in [6.07, 6.45) is 11.3. The first-order valence-corrected chi connectivity index (χ1v) is 13.3. The number of amides is 2. The number of halogens is 1. The van der Waals surface area contributed by atoms with Crippen molar-refractivity contribution in [1.29, 1.82) is 0 Å². The maximum absolute atomic E-state index is 13.0. The van der Waals surface area contributed by atoms with Gasteiger partial charge in [-0.25, -0.2) is 4.98 Å². The first-order valence-electron chi connectivity index (χ1n) is 12.9. The zero-order valence-electron chi connectivity index (χ0n) is 21.4. The second-order valence-corrected chi connectivity index (χ2v) is 10.6. The molecule has 3 N–H and O–H groups in total. The van der Waals surface area contributed by atoms with Crippen LogP contribution in [-0.2, 0) is 18.3 Å². The highest BCUT2D eigenvalue weighted by Crippen LogP contribution is 2.31. The van der Waals surface area contributed by atoms with Crippen molar-refractivity contribution in [3.05, 3.63) is 64.8 Å². The highest BCUT2D eigenvalue weighted by molar-refractivity contribution is 6.32. The van der Waals surface area contributed by atoms with E-state index in [1.165, 1.54) is 0 Å². The molecule has 0 aliphatic carbocycles. The van der Waals surface area contributed by atoms with Crippen LogP contribution in [0.4, 0.5) is 23.1 Å². The molecule has 200 valence electrons. The number of nitrogens with zero attached hydrogens (tertiary/aromatic N) is 6. The predicted molar refractivity (Wildman–Crippen MR) is 149 cm³/mol. The fourth-order valence-corrected chi connectivity index (χ4v) is 5.22. The van der Waals surface area contributed by atoms with Crippen molar-refractivity contribution >= 4 is 52.8 Å². The lowest BCUT2D eigenvalue weighted by atomic mass is 9.93. The number of aryl methyl sites for hydroxylation is 2. The molecule has 5 heterocycles. The smallest absolute Gasteiger partial charge is 0.257 e. The summed E-state index contributed by atoms with van der Waals surface area (Å²) in [5.41, 5.74) is 4.10. The van der Waals surface area contributed by atoms with E-state index < -0.39 is 0 Å². The molecule has 1 atom stereocenters. The Morgan fingerprint density at radius 1 is 1.21 bits per heavy atom. The number of nitrogens with one attached hydrogen (secondary N) is 3. The van der Waals surface area contributed by atoms with E-state index in [-0.39, 0.29) is 23.7 Å². The Balaban J connectivity index is 1.15. The summed E-state index contributed by atoms with van der Waals surface area (Å²) in [5, 5.41) is 14.1. The van der Waals surface area contributed by atoms with Crippen LogP contribution in [0.2, 0.25) is 5.02 Å². The molecule has 6 bridgehead atoms. The fraction of sp³-hybridized carbons (Fsp3) is 0.333. The van der Waals surface area contributed by atoms with E-state index >= 15 is 0 Å². The third kappa shape index (κ3) is 5.63. The Morgan fingerprint density at radius 3 is 2.90 bits per heavy atom. The van der Waals surface area contributed by atoms with Gasteiger partial charge in [0, 0.05) is 74.1 Å². The lowest BCUT2D eigenvalue weighted by molar-refractivity contribution is -0.118. The number of hydrogen-bond acceptors (Lipinski definition) is 8. The third-order valence-electron chi connectivity index (χ3n) is 7.12. The minimum atomic E-state index is -0.0644. The molecule has 0 spiro atoms. The number of anilines is 4. The monoisotopic (exact) mass is 545 g/mol. The molecule has 1 unspecified atom stereocenters. The zero-order chi connectivity index (χ0) is 26.9. The molecule has 1 aromatic carbocycles. The predicted octanol–water partition coefficient (Wildman–Crippen LogP) is 4.00. The first kappa shape index (κ1) is 25.1. The van der Waals surface area contributed by atoms with Crippen molar-refractivity contribution in [3.8, 4) is 0 Å². The van der Waals surface area contributed by atoms with Gasteiger partial charge >= 0.3 is 0 Å². The summed E-state index contributed by atoms with van der Waals surface area (Å²) in [7, 11) is 1.78. The van der Waals surface area contributed by atoms with Gasteiger partial charge in [0.05, 0.1) is 18.0 Å². The number of likely N-dealkylation sites (tertiary alicyclic amines) is 1. The number of carbonyl (C=O) groups is 2. The number of carbonyl (C=O) groups excluding carboxylic acids is 2. The highest BCUT2D eigenvalue weighted by atomic mass is 35.5. The van der Waals surface area contributed by atoms with Crippen molar-refractivity contribution in [2.75, 3.05) is 29.0 Å². The van der Waals surface area contributed by atoms with Gasteiger partial charge in [0.25, 0.3) is 5.91 Å². The highest BCUT2D eigenvalue weighted by Gasteiger charge is 2.33. The molecule has 39 heavy (non-hydrogen) atoms. The number of fused-ring (bicyclic) bond motifs is 6. The molecular formula is C27H28ClN9O2. The number of benzene rings is 1. The topological polar surface area (TPSA) is 129 Å². The lowest BCUT2D eigenvalue weighted by Gasteiger charge is -2.38. The van der Waals surface area contributed by atoms with Gasteiger partial charge in [-0.1, -0.05) is 11.6 Å². The van der Waals surface area contributed by atoms with E-state index in [4.69, 9.17) is 11.6 Å². The SMILES string of the molecule is Cn1cc(C(=O)N2CC(CC(=O)Nc3ccc4cc3CCC3C=NC=C(C3)Nc3ncc(Cl)c(n3)N4)C2)cn1. The van der Waals surface area contributed by atoms with E-state index in [1.807, 2.05) is 24.4 Å². The van der Waals surface area contributed by atoms with Gasteiger partial charge in [0.15, 0.2) is 5.82 Å². The van der Waals surface area contributed by atoms with Crippen LogP contribution in [0, 0.1) is 11.8 Å². The molecule has 1 fully saturated rings. The number of aliphatic imine (C=N–C) groups is 1. The Kier molecular flexibility index (Phi) is 6.74. The van der Waals surface area contributed by atoms with E-state index in [0.717, 1.165) is 41.9 Å². The number of hydrogen-bond donors (Lipinski definition) is 3. The van der Waals surface area contributed by atoms with Crippen molar-refractivity contribution in [2.45, 2.75) is 25.7 Å². The largest absolute Gasteiger partial charge is 0.339 e. The summed E-state index contributed by atoms with van der Waals surface area (Å²) < 4.78 is 1.61. The van der Waals surface area contributed by atoms with Crippen LogP contribution in [0.15, 0.2) is 53.7 Å². The summed E-state index contributed by atoms with van der Waals surface area (Å²) in [6, 6.07) is 5.82. The van der Waals surface area contributed by atoms with Gasteiger partial charge in [0.2, 0.25) is 11.9 Å². The van der Waals surface area contributed by atoms with Gasteiger partial charge < -0.3 is 20.9 Å². The Morgan fingerprint density at radius 2 is 2.08 bits per heavy atom. The normalized spacial score (nSPS) is 18.4. The maximum Gasteiger partial charge on any atom is 0.257 e. The Bertz CT molecular complexity index is 1490. The van der Waals surface area contributed by atoms with Gasteiger partial charge in [-0.05, 0) is 43.0 Å². The van der Waals surface area contributed by atoms with Crippen LogP contribution in [0.3, 0.4) is 0 Å². The molecule has 3 aliphatic rings. The molecule has 2 aromatic heterocycles. The van der Waals surface area contributed by atoms with E-state index in [9.17, 15) is 9.59 Å². The minimum Gasteiger partial charge on any atom is -0.339 e. The third-order valence-corrected chi connectivity index (χ3v) is 7.40. The summed E-state index contributed by atoms with van der Waals surface area (Å²) in [5.74, 6) is 1.19. The molecule has 0 saturated carbocycles. The van der Waals surface area contributed by atoms with Crippen LogP contribution in [0.1, 0.15) is 35.2 Å². The number of aromatic nitrogens is 4. The molecule has 1 saturated heterocycles. The Labute approximate surface area is 230 Å². The molecule has 11 nitrogen and oxygen atoms in total. The fourth-order valence-electron chi connectivity index (χ4n) is 5.08. The summed E-state index contributed by atoms with van der Waals surface area (Å²) in [4.78, 5) is 40.5. The maximum atomic E-state index is 13.0. The van der Waals surface area contributed by atoms with Gasteiger partial charge in [-0.15, -0.1) is 0 Å². The number of rotatable bonds is 4. The zero-order valence-corrected chi connectivity index (χ0v) is 22.1. The van der Waals surface area contributed by atoms with Crippen LogP contribution < -0.4 is 16.0 Å². The molecule has 0 radical (unpaired) electrons. The number of allylic oxidation sites excluding steroid dienone is 1. The second kappa shape index (κ2) is 10.5. The van der Waals surface area contributed by atoms with Crippen LogP contribution in [-0.4, -0.2) is 55.8 Å². The van der Waals surface area contributed by atoms with E-state index in [2.05, 4.69) is 36.0 Å². The molecule has 6 rings (SSSR count). The minimum absolute atomic E-state index is 0.0514. The van der Waals surface area contributed by atoms with Crippen LogP contribution >= 0.6 is 11.6 Å². The van der Waals surface area contributed by atoms with Crippen molar-refractivity contribution in [1.82, 2.24) is 24.6 Å². The van der Waals surface area contributed by atoms with Crippen molar-refractivity contribution in [2.24, 2.45) is 23.9 Å². The van der Waals surface area contributed by atoms with E-state index in [1.54, 1.807) is 41.4 Å². The van der Waals surface area contributed by atoms with Gasteiger partial charge in [-0.2, -0.15) is 10.1 Å². The Hall–Kier alpha value is -4.25. The van der Waals surface area contributed by atoms with E-state index in [0.29, 0.717) is 41.9 Å². The summed E-state index contributed by atoms with van der Waals surface area (Å²) in [6.45, 7) is 1.12. The van der Waals surface area contributed by atoms with Crippen LogP contribution in [0.25, 0.3) is 0 Å². The average Bonchev–Trinajstić information content (AvgIpc) is 3.33. The average molecular weight is 546 g/mol.